The Morgan fingerprint density at radius 2 is 1.95 bits per heavy atom. The molecule has 0 aromatic heterocycles. The first-order chi connectivity index (χ1) is 9.58. The molecule has 3 N–H and O–H groups in total. The maximum atomic E-state index is 14.1. The van der Waals surface area contributed by atoms with Crippen molar-refractivity contribution < 1.29 is 9.13 Å². The van der Waals surface area contributed by atoms with Crippen molar-refractivity contribution in [2.24, 2.45) is 5.84 Å². The topological polar surface area (TPSA) is 47.3 Å². The Bertz CT molecular complexity index is 622. The van der Waals surface area contributed by atoms with E-state index in [9.17, 15) is 4.39 Å². The van der Waals surface area contributed by atoms with Crippen LogP contribution in [0, 0.1) is 5.82 Å². The Kier molecular flexibility index (Phi) is 4.83. The zero-order valence-electron chi connectivity index (χ0n) is 10.7. The minimum Gasteiger partial charge on any atom is -0.497 e. The van der Waals surface area contributed by atoms with Gasteiger partial charge in [-0.2, -0.15) is 0 Å². The van der Waals surface area contributed by atoms with Gasteiger partial charge in [-0.25, -0.2) is 9.82 Å². The largest absolute Gasteiger partial charge is 0.497 e. The van der Waals surface area contributed by atoms with Crippen LogP contribution in [-0.2, 0) is 0 Å². The van der Waals surface area contributed by atoms with Crippen LogP contribution < -0.4 is 16.0 Å². The van der Waals surface area contributed by atoms with E-state index in [1.807, 2.05) is 0 Å². The Labute approximate surface area is 126 Å². The van der Waals surface area contributed by atoms with Gasteiger partial charge in [-0.3, -0.25) is 5.84 Å². The number of methoxy groups -OCH3 is 1. The highest BCUT2D eigenvalue weighted by Gasteiger charge is 2.20. The summed E-state index contributed by atoms with van der Waals surface area (Å²) in [5.41, 5.74) is 3.52. The smallest absolute Gasteiger partial charge is 0.132 e. The minimum atomic E-state index is -0.605. The van der Waals surface area contributed by atoms with E-state index < -0.39 is 11.9 Å². The zero-order valence-corrected chi connectivity index (χ0v) is 12.2. The Morgan fingerprint density at radius 1 is 1.20 bits per heavy atom. The average molecular weight is 315 g/mol. The molecule has 0 aliphatic heterocycles. The van der Waals surface area contributed by atoms with Gasteiger partial charge in [0.1, 0.15) is 11.6 Å². The first-order valence-corrected chi connectivity index (χ1v) is 6.57. The molecule has 0 saturated heterocycles. The highest BCUT2D eigenvalue weighted by atomic mass is 35.5. The van der Waals surface area contributed by atoms with Crippen LogP contribution in [0.3, 0.4) is 0 Å². The minimum absolute atomic E-state index is 0.340. The third-order valence-corrected chi connectivity index (χ3v) is 3.81. The van der Waals surface area contributed by atoms with Crippen LogP contribution >= 0.6 is 23.2 Å². The lowest BCUT2D eigenvalue weighted by molar-refractivity contribution is 0.410. The summed E-state index contributed by atoms with van der Waals surface area (Å²) in [6.07, 6.45) is 0. The van der Waals surface area contributed by atoms with Crippen molar-refractivity contribution in [1.29, 1.82) is 0 Å². The van der Waals surface area contributed by atoms with E-state index in [0.29, 0.717) is 26.9 Å². The molecule has 0 saturated carbocycles. The summed E-state index contributed by atoms with van der Waals surface area (Å²) in [5, 5.41) is 0.727. The number of nitrogens with one attached hydrogen (secondary N) is 1. The van der Waals surface area contributed by atoms with E-state index in [1.54, 1.807) is 30.3 Å². The van der Waals surface area contributed by atoms with Gasteiger partial charge < -0.3 is 4.74 Å². The van der Waals surface area contributed by atoms with Crippen LogP contribution in [0.25, 0.3) is 0 Å². The molecule has 6 heteroatoms. The summed E-state index contributed by atoms with van der Waals surface area (Å²) >= 11 is 12.1. The van der Waals surface area contributed by atoms with Crippen LogP contribution in [0.5, 0.6) is 5.75 Å². The standard InChI is InChI=1S/C14H13Cl2FN2O/c1-20-8-5-6-9(12(17)7-8)14(19-18)10-3-2-4-11(15)13(10)16/h2-7,14,19H,18H2,1H3. The SMILES string of the molecule is COc1ccc(C(NN)c2cccc(Cl)c2Cl)c(F)c1. The van der Waals surface area contributed by atoms with Crippen LogP contribution in [0.2, 0.25) is 10.0 Å². The summed E-state index contributed by atoms with van der Waals surface area (Å²) in [5.74, 6) is 5.53. The molecule has 0 radical (unpaired) electrons. The molecule has 2 aromatic carbocycles. The number of hydrazine groups is 1. The molecule has 0 aliphatic carbocycles. The number of rotatable bonds is 4. The Hall–Kier alpha value is -1.33. The van der Waals surface area contributed by atoms with Gasteiger partial charge in [-0.15, -0.1) is 0 Å². The maximum Gasteiger partial charge on any atom is 0.132 e. The Morgan fingerprint density at radius 3 is 2.55 bits per heavy atom. The van der Waals surface area contributed by atoms with Gasteiger partial charge in [0, 0.05) is 11.6 Å². The molecular weight excluding hydrogens is 302 g/mol. The van der Waals surface area contributed by atoms with Crippen molar-refractivity contribution in [3.05, 3.63) is 63.4 Å². The van der Waals surface area contributed by atoms with Gasteiger partial charge in [-0.1, -0.05) is 41.4 Å². The highest BCUT2D eigenvalue weighted by Crippen LogP contribution is 2.34. The van der Waals surface area contributed by atoms with E-state index in [2.05, 4.69) is 5.43 Å². The predicted octanol–water partition coefficient (Wildman–Crippen LogP) is 3.69. The molecule has 0 heterocycles. The van der Waals surface area contributed by atoms with Gasteiger partial charge in [0.05, 0.1) is 23.2 Å². The van der Waals surface area contributed by atoms with E-state index in [1.165, 1.54) is 13.2 Å². The van der Waals surface area contributed by atoms with Gasteiger partial charge >= 0.3 is 0 Å². The van der Waals surface area contributed by atoms with E-state index in [4.69, 9.17) is 33.8 Å². The van der Waals surface area contributed by atoms with Crippen molar-refractivity contribution in [2.75, 3.05) is 7.11 Å². The van der Waals surface area contributed by atoms with Crippen LogP contribution in [-0.4, -0.2) is 7.11 Å². The lowest BCUT2D eigenvalue weighted by atomic mass is 9.98. The molecule has 3 nitrogen and oxygen atoms in total. The second-order valence-corrected chi connectivity index (χ2v) is 4.92. The summed E-state index contributed by atoms with van der Waals surface area (Å²) in [6, 6.07) is 9.06. The van der Waals surface area contributed by atoms with Gasteiger partial charge in [0.2, 0.25) is 0 Å². The third kappa shape index (κ3) is 2.88. The fraction of sp³-hybridized carbons (Fsp3) is 0.143. The fourth-order valence-electron chi connectivity index (χ4n) is 1.96. The first kappa shape index (κ1) is 15.1. The van der Waals surface area contributed by atoms with E-state index in [-0.39, 0.29) is 0 Å². The first-order valence-electron chi connectivity index (χ1n) is 5.82. The molecule has 1 atom stereocenters. The molecule has 20 heavy (non-hydrogen) atoms. The molecule has 2 rings (SSSR count). The zero-order chi connectivity index (χ0) is 14.7. The average Bonchev–Trinajstić information content (AvgIpc) is 2.45. The maximum absolute atomic E-state index is 14.1. The normalized spacial score (nSPS) is 12.2. The molecule has 106 valence electrons. The monoisotopic (exact) mass is 314 g/mol. The van der Waals surface area contributed by atoms with E-state index >= 15 is 0 Å². The molecule has 0 fully saturated rings. The lowest BCUT2D eigenvalue weighted by Crippen LogP contribution is -2.29. The van der Waals surface area contributed by atoms with Crippen molar-refractivity contribution in [2.45, 2.75) is 6.04 Å². The lowest BCUT2D eigenvalue weighted by Gasteiger charge is -2.19. The molecular formula is C14H13Cl2FN2O. The number of ether oxygens (including phenoxy) is 1. The number of halogens is 3. The summed E-state index contributed by atoms with van der Waals surface area (Å²) in [7, 11) is 1.47. The van der Waals surface area contributed by atoms with Gasteiger partial charge in [0.15, 0.2) is 0 Å². The molecule has 0 spiro atoms. The molecule has 2 aromatic rings. The number of nitrogens with two attached hydrogens (primary N) is 1. The third-order valence-electron chi connectivity index (χ3n) is 2.98. The second-order valence-electron chi connectivity index (χ2n) is 4.13. The van der Waals surface area contributed by atoms with Gasteiger partial charge in [-0.05, 0) is 17.7 Å². The Balaban J connectivity index is 2.50. The highest BCUT2D eigenvalue weighted by molar-refractivity contribution is 6.42. The van der Waals surface area contributed by atoms with Crippen LogP contribution in [0.15, 0.2) is 36.4 Å². The number of hydrogen-bond donors (Lipinski definition) is 2. The van der Waals surface area contributed by atoms with Crippen molar-refractivity contribution in [3.8, 4) is 5.75 Å². The van der Waals surface area contributed by atoms with Crippen molar-refractivity contribution >= 4 is 23.2 Å². The fourth-order valence-corrected chi connectivity index (χ4v) is 2.38. The molecule has 0 amide bonds. The second kappa shape index (κ2) is 6.41. The van der Waals surface area contributed by atoms with E-state index in [0.717, 1.165) is 0 Å². The number of benzene rings is 2. The van der Waals surface area contributed by atoms with Gasteiger partial charge in [0.25, 0.3) is 0 Å². The summed E-state index contributed by atoms with van der Waals surface area (Å²) in [4.78, 5) is 0. The van der Waals surface area contributed by atoms with Crippen molar-refractivity contribution in [3.63, 3.8) is 0 Å². The quantitative estimate of drug-likeness (QED) is 0.668. The van der Waals surface area contributed by atoms with Crippen molar-refractivity contribution in [1.82, 2.24) is 5.43 Å². The number of hydrogen-bond acceptors (Lipinski definition) is 3. The predicted molar refractivity (Wildman–Crippen MR) is 78.6 cm³/mol. The molecule has 0 aliphatic rings. The van der Waals surface area contributed by atoms with Crippen LogP contribution in [0.1, 0.15) is 17.2 Å². The summed E-state index contributed by atoms with van der Waals surface area (Å²) in [6.45, 7) is 0. The van der Waals surface area contributed by atoms with Crippen LogP contribution in [0.4, 0.5) is 4.39 Å². The molecule has 1 unspecified atom stereocenters. The summed E-state index contributed by atoms with van der Waals surface area (Å²) < 4.78 is 19.1. The molecule has 0 bridgehead atoms.